The van der Waals surface area contributed by atoms with Crippen LogP contribution in [0.5, 0.6) is 0 Å². The Kier molecular flexibility index (Phi) is 4.91. The topological polar surface area (TPSA) is 42.4 Å². The Balaban J connectivity index is 2.20. The number of carbonyl (C=O) groups excluding carboxylic acids is 1. The Morgan fingerprint density at radius 1 is 1.57 bits per heavy atom. The Labute approximate surface area is 131 Å². The lowest BCUT2D eigenvalue weighted by molar-refractivity contribution is -0.148. The van der Waals surface area contributed by atoms with Crippen molar-refractivity contribution in [2.24, 2.45) is 5.92 Å². The number of hydrogen-bond acceptors (Lipinski definition) is 5. The molecule has 1 saturated heterocycles. The van der Waals surface area contributed by atoms with Gasteiger partial charge in [-0.3, -0.25) is 4.79 Å². The van der Waals surface area contributed by atoms with Crippen molar-refractivity contribution in [2.75, 3.05) is 18.1 Å². The van der Waals surface area contributed by atoms with E-state index in [1.807, 2.05) is 26.2 Å². The molecule has 0 spiro atoms. The van der Waals surface area contributed by atoms with Crippen LogP contribution in [0.25, 0.3) is 0 Å². The highest BCUT2D eigenvalue weighted by Crippen LogP contribution is 2.35. The van der Waals surface area contributed by atoms with Gasteiger partial charge in [-0.1, -0.05) is 13.8 Å². The number of esters is 1. The first-order chi connectivity index (χ1) is 9.87. The molecule has 1 aromatic heterocycles. The van der Waals surface area contributed by atoms with E-state index in [1.165, 1.54) is 12.8 Å². The van der Waals surface area contributed by atoms with Gasteiger partial charge in [0.05, 0.1) is 12.3 Å². The first kappa shape index (κ1) is 16.3. The standard InChI is InChI=1S/C16H26N2O2S/c1-6-20-14(19)16(4,5)13-10-21-15(17-13)18-9-7-8-12(18)11(2)3/h10-12H,6-9H2,1-5H3. The van der Waals surface area contributed by atoms with Crippen LogP contribution < -0.4 is 4.90 Å². The Bertz CT molecular complexity index is 496. The molecule has 0 saturated carbocycles. The minimum atomic E-state index is -0.683. The molecule has 1 fully saturated rings. The zero-order chi connectivity index (χ0) is 15.6. The molecule has 1 unspecified atom stereocenters. The zero-order valence-corrected chi connectivity index (χ0v) is 14.5. The molecule has 1 aromatic rings. The maximum atomic E-state index is 12.1. The van der Waals surface area contributed by atoms with E-state index in [4.69, 9.17) is 9.72 Å². The molecule has 5 heteroatoms. The van der Waals surface area contributed by atoms with Gasteiger partial charge >= 0.3 is 5.97 Å². The van der Waals surface area contributed by atoms with Gasteiger partial charge in [0.2, 0.25) is 0 Å². The van der Waals surface area contributed by atoms with E-state index < -0.39 is 5.41 Å². The Morgan fingerprint density at radius 3 is 2.90 bits per heavy atom. The Hall–Kier alpha value is -1.10. The third-order valence-corrected chi connectivity index (χ3v) is 5.11. The minimum Gasteiger partial charge on any atom is -0.465 e. The van der Waals surface area contributed by atoms with Gasteiger partial charge in [0.25, 0.3) is 0 Å². The SMILES string of the molecule is CCOC(=O)C(C)(C)c1csc(N2CCCC2C(C)C)n1. The van der Waals surface area contributed by atoms with Crippen molar-refractivity contribution in [3.8, 4) is 0 Å². The maximum Gasteiger partial charge on any atom is 0.317 e. The normalized spacial score (nSPS) is 19.3. The van der Waals surface area contributed by atoms with Crippen LogP contribution in [-0.4, -0.2) is 30.1 Å². The summed E-state index contributed by atoms with van der Waals surface area (Å²) in [5.74, 6) is 0.418. The number of anilines is 1. The van der Waals surface area contributed by atoms with Crippen molar-refractivity contribution in [1.82, 2.24) is 4.98 Å². The molecule has 1 aliphatic rings. The molecule has 0 aromatic carbocycles. The van der Waals surface area contributed by atoms with E-state index in [9.17, 15) is 4.79 Å². The molecule has 1 aliphatic heterocycles. The molecule has 118 valence electrons. The molecule has 0 aliphatic carbocycles. The third kappa shape index (κ3) is 3.23. The van der Waals surface area contributed by atoms with Crippen molar-refractivity contribution in [3.05, 3.63) is 11.1 Å². The van der Waals surface area contributed by atoms with Gasteiger partial charge in [-0.25, -0.2) is 4.98 Å². The van der Waals surface area contributed by atoms with E-state index in [0.29, 0.717) is 18.6 Å². The van der Waals surface area contributed by atoms with E-state index in [2.05, 4.69) is 18.7 Å². The second-order valence-corrected chi connectivity index (χ2v) is 7.34. The fourth-order valence-electron chi connectivity index (χ4n) is 2.82. The van der Waals surface area contributed by atoms with Crippen LogP contribution in [0.4, 0.5) is 5.13 Å². The molecule has 0 radical (unpaired) electrons. The lowest BCUT2D eigenvalue weighted by Gasteiger charge is -2.27. The van der Waals surface area contributed by atoms with Crippen LogP contribution in [0.2, 0.25) is 0 Å². The van der Waals surface area contributed by atoms with Crippen LogP contribution in [0.15, 0.2) is 5.38 Å². The summed E-state index contributed by atoms with van der Waals surface area (Å²) >= 11 is 1.64. The second kappa shape index (κ2) is 6.34. The van der Waals surface area contributed by atoms with Gasteiger partial charge in [0, 0.05) is 18.0 Å². The molecule has 0 bridgehead atoms. The molecule has 0 N–H and O–H groups in total. The summed E-state index contributed by atoms with van der Waals surface area (Å²) in [5.41, 5.74) is 0.132. The minimum absolute atomic E-state index is 0.205. The summed E-state index contributed by atoms with van der Waals surface area (Å²) in [6.07, 6.45) is 2.45. The average Bonchev–Trinajstić information content (AvgIpc) is 3.07. The largest absolute Gasteiger partial charge is 0.465 e. The first-order valence-electron chi connectivity index (χ1n) is 7.77. The molecular formula is C16H26N2O2S. The number of carbonyl (C=O) groups is 1. The molecular weight excluding hydrogens is 284 g/mol. The van der Waals surface area contributed by atoms with Crippen LogP contribution in [0.3, 0.4) is 0 Å². The summed E-state index contributed by atoms with van der Waals surface area (Å²) in [5, 5.41) is 3.04. The summed E-state index contributed by atoms with van der Waals surface area (Å²) in [6, 6.07) is 0.565. The summed E-state index contributed by atoms with van der Waals surface area (Å²) in [6.45, 7) is 11.6. The molecule has 0 amide bonds. The molecule has 2 rings (SSSR count). The van der Waals surface area contributed by atoms with Crippen molar-refractivity contribution >= 4 is 22.4 Å². The number of thiazole rings is 1. The predicted molar refractivity (Wildman–Crippen MR) is 87.0 cm³/mol. The third-order valence-electron chi connectivity index (χ3n) is 4.23. The van der Waals surface area contributed by atoms with Gasteiger partial charge in [0.1, 0.15) is 5.41 Å². The summed E-state index contributed by atoms with van der Waals surface area (Å²) < 4.78 is 5.17. The zero-order valence-electron chi connectivity index (χ0n) is 13.7. The van der Waals surface area contributed by atoms with Crippen LogP contribution in [0, 0.1) is 5.92 Å². The Morgan fingerprint density at radius 2 is 2.29 bits per heavy atom. The van der Waals surface area contributed by atoms with Gasteiger partial charge in [0.15, 0.2) is 5.13 Å². The number of hydrogen-bond donors (Lipinski definition) is 0. The highest BCUT2D eigenvalue weighted by molar-refractivity contribution is 7.13. The monoisotopic (exact) mass is 310 g/mol. The van der Waals surface area contributed by atoms with Crippen molar-refractivity contribution in [3.63, 3.8) is 0 Å². The lowest BCUT2D eigenvalue weighted by Crippen LogP contribution is -2.34. The fourth-order valence-corrected chi connectivity index (χ4v) is 3.90. The first-order valence-corrected chi connectivity index (χ1v) is 8.65. The van der Waals surface area contributed by atoms with Gasteiger partial charge in [-0.05, 0) is 39.5 Å². The van der Waals surface area contributed by atoms with Crippen LogP contribution in [0.1, 0.15) is 53.2 Å². The van der Waals surface area contributed by atoms with Gasteiger partial charge in [-0.15, -0.1) is 11.3 Å². The van der Waals surface area contributed by atoms with E-state index in [-0.39, 0.29) is 5.97 Å². The highest BCUT2D eigenvalue weighted by Gasteiger charge is 2.36. The summed E-state index contributed by atoms with van der Waals surface area (Å²) in [4.78, 5) is 19.2. The van der Waals surface area contributed by atoms with E-state index in [1.54, 1.807) is 11.3 Å². The lowest BCUT2D eigenvalue weighted by atomic mass is 9.90. The number of rotatable bonds is 5. The number of aromatic nitrogens is 1. The maximum absolute atomic E-state index is 12.1. The van der Waals surface area contributed by atoms with Gasteiger partial charge < -0.3 is 9.64 Å². The molecule has 21 heavy (non-hydrogen) atoms. The van der Waals surface area contributed by atoms with E-state index in [0.717, 1.165) is 17.4 Å². The smallest absolute Gasteiger partial charge is 0.317 e. The quantitative estimate of drug-likeness (QED) is 0.779. The molecule has 2 heterocycles. The second-order valence-electron chi connectivity index (χ2n) is 6.51. The average molecular weight is 310 g/mol. The van der Waals surface area contributed by atoms with Crippen LogP contribution >= 0.6 is 11.3 Å². The molecule has 4 nitrogen and oxygen atoms in total. The fraction of sp³-hybridized carbons (Fsp3) is 0.750. The van der Waals surface area contributed by atoms with Gasteiger partial charge in [-0.2, -0.15) is 0 Å². The highest BCUT2D eigenvalue weighted by atomic mass is 32.1. The number of ether oxygens (including phenoxy) is 1. The van der Waals surface area contributed by atoms with Crippen molar-refractivity contribution in [2.45, 2.75) is 58.9 Å². The van der Waals surface area contributed by atoms with E-state index >= 15 is 0 Å². The molecule has 1 atom stereocenters. The van der Waals surface area contributed by atoms with Crippen molar-refractivity contribution in [1.29, 1.82) is 0 Å². The van der Waals surface area contributed by atoms with Crippen LogP contribution in [-0.2, 0) is 14.9 Å². The van der Waals surface area contributed by atoms with Crippen molar-refractivity contribution < 1.29 is 9.53 Å². The number of nitrogens with zero attached hydrogens (tertiary/aromatic N) is 2. The predicted octanol–water partition coefficient (Wildman–Crippen LogP) is 3.61. The summed E-state index contributed by atoms with van der Waals surface area (Å²) in [7, 11) is 0.